The number of aryl methyl sites for hydroxylation is 1. The van der Waals surface area contributed by atoms with Crippen molar-refractivity contribution < 1.29 is 4.74 Å². The molecule has 3 heteroatoms. The summed E-state index contributed by atoms with van der Waals surface area (Å²) in [5, 5.41) is 3.31. The third-order valence-electron chi connectivity index (χ3n) is 4.07. The lowest BCUT2D eigenvalue weighted by atomic mass is 9.89. The van der Waals surface area contributed by atoms with Crippen LogP contribution in [0.15, 0.2) is 47.5 Å². The van der Waals surface area contributed by atoms with E-state index in [1.54, 1.807) is 0 Å². The molecular weight excluding hydrogens is 248 g/mol. The van der Waals surface area contributed by atoms with Crippen LogP contribution in [0.25, 0.3) is 0 Å². The number of amidine groups is 1. The van der Waals surface area contributed by atoms with E-state index in [4.69, 9.17) is 9.73 Å². The minimum absolute atomic E-state index is 0.168. The van der Waals surface area contributed by atoms with Crippen LogP contribution in [0.2, 0.25) is 0 Å². The predicted octanol–water partition coefficient (Wildman–Crippen LogP) is 3.96. The molecular formula is C17H20N2O. The molecule has 1 aliphatic carbocycles. The number of anilines is 1. The van der Waals surface area contributed by atoms with Crippen LogP contribution in [0.1, 0.15) is 30.9 Å². The Hall–Kier alpha value is -2.03. The van der Waals surface area contributed by atoms with Crippen LogP contribution >= 0.6 is 0 Å². The van der Waals surface area contributed by atoms with Crippen molar-refractivity contribution in [1.29, 1.82) is 0 Å². The van der Waals surface area contributed by atoms with Gasteiger partial charge in [0.25, 0.3) is 6.02 Å². The van der Waals surface area contributed by atoms with E-state index in [0.29, 0.717) is 12.6 Å². The Morgan fingerprint density at radius 1 is 1.35 bits per heavy atom. The number of ether oxygens (including phenoxy) is 1. The predicted molar refractivity (Wildman–Crippen MR) is 82.9 cm³/mol. The van der Waals surface area contributed by atoms with Gasteiger partial charge in [0.15, 0.2) is 0 Å². The second kappa shape index (κ2) is 5.16. The lowest BCUT2D eigenvalue weighted by Crippen LogP contribution is -2.31. The SMILES string of the molecule is CC[C@]1(N=C2Nc3cccc(C)c3CO2)C=CC=CC1. The first-order valence-electron chi connectivity index (χ1n) is 7.15. The van der Waals surface area contributed by atoms with Gasteiger partial charge in [-0.2, -0.15) is 0 Å². The number of hydrogen-bond acceptors (Lipinski definition) is 2. The first-order valence-corrected chi connectivity index (χ1v) is 7.15. The number of benzene rings is 1. The number of hydrogen-bond donors (Lipinski definition) is 1. The molecule has 0 fully saturated rings. The van der Waals surface area contributed by atoms with Gasteiger partial charge in [0, 0.05) is 11.3 Å². The molecule has 3 rings (SSSR count). The van der Waals surface area contributed by atoms with Gasteiger partial charge in [-0.25, -0.2) is 4.99 Å². The molecule has 1 aromatic rings. The molecule has 20 heavy (non-hydrogen) atoms. The molecule has 0 saturated carbocycles. The summed E-state index contributed by atoms with van der Waals surface area (Å²) in [6.07, 6.45) is 10.4. The van der Waals surface area contributed by atoms with Crippen LogP contribution in [-0.2, 0) is 11.3 Å². The van der Waals surface area contributed by atoms with Gasteiger partial charge in [0.1, 0.15) is 6.61 Å². The number of nitrogens with one attached hydrogen (secondary N) is 1. The highest BCUT2D eigenvalue weighted by atomic mass is 16.5. The van der Waals surface area contributed by atoms with Crippen LogP contribution in [-0.4, -0.2) is 11.6 Å². The maximum atomic E-state index is 5.80. The maximum Gasteiger partial charge on any atom is 0.290 e. The van der Waals surface area contributed by atoms with Gasteiger partial charge in [0.2, 0.25) is 0 Å². The molecule has 1 N–H and O–H groups in total. The van der Waals surface area contributed by atoms with E-state index in [1.807, 2.05) is 0 Å². The van der Waals surface area contributed by atoms with Crippen molar-refractivity contribution in [3.63, 3.8) is 0 Å². The third kappa shape index (κ3) is 2.36. The van der Waals surface area contributed by atoms with Crippen molar-refractivity contribution in [1.82, 2.24) is 0 Å². The molecule has 2 aliphatic rings. The van der Waals surface area contributed by atoms with Gasteiger partial charge in [-0.3, -0.25) is 0 Å². The zero-order valence-corrected chi connectivity index (χ0v) is 12.0. The number of nitrogens with zero attached hydrogens (tertiary/aromatic N) is 1. The summed E-state index contributed by atoms with van der Waals surface area (Å²) in [4.78, 5) is 4.82. The molecule has 1 heterocycles. The fourth-order valence-electron chi connectivity index (χ4n) is 2.64. The topological polar surface area (TPSA) is 33.6 Å². The fourth-order valence-corrected chi connectivity index (χ4v) is 2.64. The molecule has 1 aromatic carbocycles. The number of aliphatic imine (C=N–C) groups is 1. The highest BCUT2D eigenvalue weighted by molar-refractivity contribution is 5.92. The number of allylic oxidation sites excluding steroid dienone is 2. The van der Waals surface area contributed by atoms with Gasteiger partial charge in [-0.1, -0.05) is 43.4 Å². The first-order chi connectivity index (χ1) is 9.72. The van der Waals surface area contributed by atoms with Gasteiger partial charge < -0.3 is 10.1 Å². The van der Waals surface area contributed by atoms with E-state index >= 15 is 0 Å². The molecule has 0 aromatic heterocycles. The van der Waals surface area contributed by atoms with Gasteiger partial charge in [-0.05, 0) is 31.4 Å². The normalized spacial score (nSPS) is 26.0. The fraction of sp³-hybridized carbons (Fsp3) is 0.353. The summed E-state index contributed by atoms with van der Waals surface area (Å²) < 4.78 is 5.80. The molecule has 0 amide bonds. The summed E-state index contributed by atoms with van der Waals surface area (Å²) in [5.41, 5.74) is 3.41. The highest BCUT2D eigenvalue weighted by Crippen LogP contribution is 2.29. The van der Waals surface area contributed by atoms with Crippen LogP contribution in [0.5, 0.6) is 0 Å². The van der Waals surface area contributed by atoms with E-state index in [-0.39, 0.29) is 5.54 Å². The monoisotopic (exact) mass is 268 g/mol. The zero-order valence-electron chi connectivity index (χ0n) is 12.0. The Balaban J connectivity index is 1.88. The van der Waals surface area contributed by atoms with Gasteiger partial charge in [0.05, 0.1) is 5.54 Å². The standard InChI is InChI=1S/C17H20N2O/c1-3-17(10-5-4-6-11-17)19-16-18-15-9-7-8-13(2)14(15)12-20-16/h4-10H,3,11-12H2,1-2H3,(H,18,19)/t17-/m0/s1. The second-order valence-electron chi connectivity index (χ2n) is 5.38. The molecule has 1 atom stereocenters. The summed E-state index contributed by atoms with van der Waals surface area (Å²) in [6, 6.07) is 6.87. The summed E-state index contributed by atoms with van der Waals surface area (Å²) in [5.74, 6) is 0. The van der Waals surface area contributed by atoms with E-state index in [2.05, 4.69) is 61.7 Å². The Morgan fingerprint density at radius 3 is 3.00 bits per heavy atom. The molecule has 3 nitrogen and oxygen atoms in total. The smallest absolute Gasteiger partial charge is 0.290 e. The molecule has 0 radical (unpaired) electrons. The summed E-state index contributed by atoms with van der Waals surface area (Å²) in [6.45, 7) is 4.86. The quantitative estimate of drug-likeness (QED) is 0.881. The van der Waals surface area contributed by atoms with E-state index in [1.165, 1.54) is 11.1 Å². The van der Waals surface area contributed by atoms with Crippen molar-refractivity contribution in [3.05, 3.63) is 53.6 Å². The number of rotatable bonds is 2. The summed E-state index contributed by atoms with van der Waals surface area (Å²) >= 11 is 0. The van der Waals surface area contributed by atoms with E-state index < -0.39 is 0 Å². The lowest BCUT2D eigenvalue weighted by Gasteiger charge is -2.29. The molecule has 1 aliphatic heterocycles. The van der Waals surface area contributed by atoms with Crippen molar-refractivity contribution in [3.8, 4) is 0 Å². The lowest BCUT2D eigenvalue weighted by molar-refractivity contribution is 0.278. The molecule has 0 bridgehead atoms. The van der Waals surface area contributed by atoms with Crippen molar-refractivity contribution in [2.45, 2.75) is 38.8 Å². The Labute approximate surface area is 120 Å². The molecule has 0 saturated heterocycles. The Bertz CT molecular complexity index is 601. The molecule has 0 unspecified atom stereocenters. The van der Waals surface area contributed by atoms with Crippen LogP contribution in [0, 0.1) is 6.92 Å². The van der Waals surface area contributed by atoms with Crippen LogP contribution < -0.4 is 5.32 Å². The minimum atomic E-state index is -0.168. The van der Waals surface area contributed by atoms with Gasteiger partial charge in [-0.15, -0.1) is 0 Å². The first kappa shape index (κ1) is 13.0. The van der Waals surface area contributed by atoms with Gasteiger partial charge >= 0.3 is 0 Å². The molecule has 0 spiro atoms. The van der Waals surface area contributed by atoms with Crippen LogP contribution in [0.3, 0.4) is 0 Å². The highest BCUT2D eigenvalue weighted by Gasteiger charge is 2.27. The Morgan fingerprint density at radius 2 is 2.25 bits per heavy atom. The number of fused-ring (bicyclic) bond motifs is 1. The molecule has 104 valence electrons. The third-order valence-corrected chi connectivity index (χ3v) is 4.07. The summed E-state index contributed by atoms with van der Waals surface area (Å²) in [7, 11) is 0. The van der Waals surface area contributed by atoms with Crippen molar-refractivity contribution >= 4 is 11.7 Å². The van der Waals surface area contributed by atoms with Crippen molar-refractivity contribution in [2.24, 2.45) is 4.99 Å². The van der Waals surface area contributed by atoms with Crippen LogP contribution in [0.4, 0.5) is 5.69 Å². The average molecular weight is 268 g/mol. The second-order valence-corrected chi connectivity index (χ2v) is 5.38. The maximum absolute atomic E-state index is 5.80. The minimum Gasteiger partial charge on any atom is -0.460 e. The van der Waals surface area contributed by atoms with E-state index in [0.717, 1.165) is 18.5 Å². The zero-order chi connectivity index (χ0) is 14.0. The largest absolute Gasteiger partial charge is 0.460 e. The Kier molecular flexibility index (Phi) is 3.35. The van der Waals surface area contributed by atoms with Crippen molar-refractivity contribution in [2.75, 3.05) is 5.32 Å². The average Bonchev–Trinajstić information content (AvgIpc) is 2.48. The van der Waals surface area contributed by atoms with E-state index in [9.17, 15) is 0 Å².